The molecule has 0 unspecified atom stereocenters. The molecule has 0 saturated heterocycles. The van der Waals surface area contributed by atoms with Crippen LogP contribution in [0.1, 0.15) is 22.8 Å². The van der Waals surface area contributed by atoms with E-state index >= 15 is 0 Å². The lowest BCUT2D eigenvalue weighted by atomic mass is 9.99. The van der Waals surface area contributed by atoms with Crippen LogP contribution in [0.5, 0.6) is 0 Å². The predicted octanol–water partition coefficient (Wildman–Crippen LogP) is 8.29. The third kappa shape index (κ3) is 4.14. The first kappa shape index (κ1) is 23.7. The summed E-state index contributed by atoms with van der Waals surface area (Å²) < 4.78 is 4.49. The standard InChI is InChI=1S/C34H30N4/c1-23-19-29(15-17-31(23)37-25(3)35-21-33(37)27-11-7-5-8-12-27)30-16-18-32(24(2)20-30)38-26(4)36-22-34(38)28-13-9-6-10-14-28/h5-22H,1-4H3. The highest BCUT2D eigenvalue weighted by Gasteiger charge is 2.15. The predicted molar refractivity (Wildman–Crippen MR) is 156 cm³/mol. The van der Waals surface area contributed by atoms with Gasteiger partial charge in [0.1, 0.15) is 11.6 Å². The van der Waals surface area contributed by atoms with Gasteiger partial charge in [-0.15, -0.1) is 0 Å². The van der Waals surface area contributed by atoms with Crippen LogP contribution in [0.2, 0.25) is 0 Å². The van der Waals surface area contributed by atoms with Gasteiger partial charge < -0.3 is 0 Å². The van der Waals surface area contributed by atoms with E-state index in [2.05, 4.69) is 132 Å². The van der Waals surface area contributed by atoms with Gasteiger partial charge in [0.15, 0.2) is 0 Å². The number of hydrogen-bond acceptors (Lipinski definition) is 2. The Morgan fingerprint density at radius 3 is 1.21 bits per heavy atom. The fraction of sp³-hybridized carbons (Fsp3) is 0.118. The van der Waals surface area contributed by atoms with Crippen molar-refractivity contribution in [2.24, 2.45) is 0 Å². The lowest BCUT2D eigenvalue weighted by Crippen LogP contribution is -2.03. The Morgan fingerprint density at radius 1 is 0.447 bits per heavy atom. The summed E-state index contributed by atoms with van der Waals surface area (Å²) in [5.74, 6) is 1.95. The molecular weight excluding hydrogens is 464 g/mol. The Labute approximate surface area is 223 Å². The zero-order valence-corrected chi connectivity index (χ0v) is 22.2. The molecule has 6 aromatic rings. The molecule has 2 heterocycles. The average Bonchev–Trinajstić information content (AvgIpc) is 3.52. The molecule has 0 aliphatic heterocycles. The SMILES string of the molecule is Cc1cc(-c2ccc(-n3c(-c4ccccc4)cnc3C)c(C)c2)ccc1-n1c(-c2ccccc2)cnc1C. The van der Waals surface area contributed by atoms with Crippen LogP contribution in [0.4, 0.5) is 0 Å². The van der Waals surface area contributed by atoms with Crippen LogP contribution in [0.25, 0.3) is 45.0 Å². The Morgan fingerprint density at radius 2 is 0.842 bits per heavy atom. The van der Waals surface area contributed by atoms with Crippen LogP contribution in [-0.4, -0.2) is 19.1 Å². The summed E-state index contributed by atoms with van der Waals surface area (Å²) in [5.41, 5.74) is 11.6. The van der Waals surface area contributed by atoms with Crippen LogP contribution in [0, 0.1) is 27.7 Å². The van der Waals surface area contributed by atoms with Crippen LogP contribution in [-0.2, 0) is 0 Å². The number of benzene rings is 4. The molecule has 2 aromatic heterocycles. The summed E-state index contributed by atoms with van der Waals surface area (Å²) in [6.07, 6.45) is 3.92. The number of nitrogens with zero attached hydrogens (tertiary/aromatic N) is 4. The van der Waals surface area contributed by atoms with Crippen LogP contribution in [0.3, 0.4) is 0 Å². The summed E-state index contributed by atoms with van der Waals surface area (Å²) >= 11 is 0. The highest BCUT2D eigenvalue weighted by atomic mass is 15.1. The molecule has 4 aromatic carbocycles. The molecular formula is C34H30N4. The molecule has 0 amide bonds. The lowest BCUT2D eigenvalue weighted by Gasteiger charge is -2.17. The van der Waals surface area contributed by atoms with Crippen LogP contribution >= 0.6 is 0 Å². The third-order valence-electron chi connectivity index (χ3n) is 7.22. The quantitative estimate of drug-likeness (QED) is 0.242. The van der Waals surface area contributed by atoms with Crippen molar-refractivity contribution in [2.45, 2.75) is 27.7 Å². The fourth-order valence-electron chi connectivity index (χ4n) is 5.29. The van der Waals surface area contributed by atoms with Gasteiger partial charge in [0.25, 0.3) is 0 Å². The van der Waals surface area contributed by atoms with Crippen molar-refractivity contribution >= 4 is 0 Å². The summed E-state index contributed by atoms with van der Waals surface area (Å²) in [6.45, 7) is 8.47. The number of aromatic nitrogens is 4. The van der Waals surface area contributed by atoms with Gasteiger partial charge in [-0.05, 0) is 74.2 Å². The van der Waals surface area contributed by atoms with E-state index in [1.807, 2.05) is 24.5 Å². The van der Waals surface area contributed by atoms with Gasteiger partial charge in [-0.2, -0.15) is 0 Å². The number of rotatable bonds is 5. The molecule has 38 heavy (non-hydrogen) atoms. The molecule has 4 heteroatoms. The van der Waals surface area contributed by atoms with Crippen molar-refractivity contribution in [3.63, 3.8) is 0 Å². The summed E-state index contributed by atoms with van der Waals surface area (Å²) in [5, 5.41) is 0. The van der Waals surface area contributed by atoms with E-state index in [0.717, 1.165) is 45.5 Å². The molecule has 0 saturated carbocycles. The van der Waals surface area contributed by atoms with E-state index < -0.39 is 0 Å². The zero-order chi connectivity index (χ0) is 26.2. The second-order valence-electron chi connectivity index (χ2n) is 9.79. The number of imidazole rings is 2. The Bertz CT molecular complexity index is 1610. The first-order chi connectivity index (χ1) is 18.5. The monoisotopic (exact) mass is 494 g/mol. The molecule has 0 bridgehead atoms. The largest absolute Gasteiger partial charge is 0.296 e. The second-order valence-corrected chi connectivity index (χ2v) is 9.79. The molecule has 6 rings (SSSR count). The van der Waals surface area contributed by atoms with E-state index in [1.165, 1.54) is 22.3 Å². The summed E-state index contributed by atoms with van der Waals surface area (Å²) in [4.78, 5) is 9.26. The van der Waals surface area contributed by atoms with Gasteiger partial charge in [0.2, 0.25) is 0 Å². The van der Waals surface area contributed by atoms with E-state index in [4.69, 9.17) is 0 Å². The lowest BCUT2D eigenvalue weighted by molar-refractivity contribution is 0.968. The van der Waals surface area contributed by atoms with Gasteiger partial charge in [-0.3, -0.25) is 9.13 Å². The minimum Gasteiger partial charge on any atom is -0.296 e. The fourth-order valence-corrected chi connectivity index (χ4v) is 5.29. The molecule has 0 N–H and O–H groups in total. The Kier molecular flexibility index (Phi) is 6.01. The minimum atomic E-state index is 0.977. The molecule has 186 valence electrons. The second kappa shape index (κ2) is 9.64. The highest BCUT2D eigenvalue weighted by molar-refractivity contribution is 5.72. The van der Waals surface area contributed by atoms with E-state index in [1.54, 1.807) is 0 Å². The summed E-state index contributed by atoms with van der Waals surface area (Å²) in [7, 11) is 0. The normalized spacial score (nSPS) is 11.2. The molecule has 0 radical (unpaired) electrons. The maximum Gasteiger partial charge on any atom is 0.110 e. The average molecular weight is 495 g/mol. The molecule has 0 fully saturated rings. The number of aryl methyl sites for hydroxylation is 4. The van der Waals surface area contributed by atoms with Crippen LogP contribution < -0.4 is 0 Å². The molecule has 0 atom stereocenters. The topological polar surface area (TPSA) is 35.6 Å². The van der Waals surface area contributed by atoms with Crippen molar-refractivity contribution in [3.05, 3.63) is 132 Å². The Hall–Kier alpha value is -4.70. The maximum atomic E-state index is 4.63. The smallest absolute Gasteiger partial charge is 0.110 e. The van der Waals surface area contributed by atoms with Gasteiger partial charge in [-0.1, -0.05) is 72.8 Å². The molecule has 4 nitrogen and oxygen atoms in total. The number of hydrogen-bond donors (Lipinski definition) is 0. The first-order valence-electron chi connectivity index (χ1n) is 12.9. The third-order valence-corrected chi connectivity index (χ3v) is 7.22. The van der Waals surface area contributed by atoms with Gasteiger partial charge in [-0.25, -0.2) is 9.97 Å². The van der Waals surface area contributed by atoms with Gasteiger partial charge in [0.05, 0.1) is 35.2 Å². The van der Waals surface area contributed by atoms with Crippen molar-refractivity contribution in [1.29, 1.82) is 0 Å². The van der Waals surface area contributed by atoms with E-state index in [-0.39, 0.29) is 0 Å². The van der Waals surface area contributed by atoms with Crippen molar-refractivity contribution in [1.82, 2.24) is 19.1 Å². The highest BCUT2D eigenvalue weighted by Crippen LogP contribution is 2.32. The van der Waals surface area contributed by atoms with Crippen molar-refractivity contribution in [2.75, 3.05) is 0 Å². The van der Waals surface area contributed by atoms with Crippen molar-refractivity contribution < 1.29 is 0 Å². The van der Waals surface area contributed by atoms with E-state index in [0.29, 0.717) is 0 Å². The zero-order valence-electron chi connectivity index (χ0n) is 22.2. The van der Waals surface area contributed by atoms with Gasteiger partial charge in [0, 0.05) is 11.1 Å². The first-order valence-corrected chi connectivity index (χ1v) is 12.9. The van der Waals surface area contributed by atoms with E-state index in [9.17, 15) is 0 Å². The summed E-state index contributed by atoms with van der Waals surface area (Å²) in [6, 6.07) is 34.3. The molecule has 0 aliphatic rings. The van der Waals surface area contributed by atoms with Crippen molar-refractivity contribution in [3.8, 4) is 45.0 Å². The molecule has 0 spiro atoms. The maximum absolute atomic E-state index is 4.63. The molecule has 0 aliphatic carbocycles. The van der Waals surface area contributed by atoms with Crippen LogP contribution in [0.15, 0.2) is 109 Å². The minimum absolute atomic E-state index is 0.977. The van der Waals surface area contributed by atoms with Gasteiger partial charge >= 0.3 is 0 Å². The Balaban J connectivity index is 1.37.